The van der Waals surface area contributed by atoms with Gasteiger partial charge in [-0.25, -0.2) is 14.2 Å². The number of aromatic hydroxyl groups is 1. The molecule has 4 heterocycles. The second-order valence-electron chi connectivity index (χ2n) is 14.7. The molecule has 4 aromatic rings. The minimum atomic E-state index is -0.617. The quantitative estimate of drug-likeness (QED) is 0.185. The van der Waals surface area contributed by atoms with E-state index in [0.29, 0.717) is 35.4 Å². The fourth-order valence-corrected chi connectivity index (χ4v) is 7.75. The summed E-state index contributed by atoms with van der Waals surface area (Å²) in [5.74, 6) is -0.273. The minimum Gasteiger partial charge on any atom is -0.508 e. The highest BCUT2D eigenvalue weighted by Gasteiger charge is 2.55. The molecule has 4 atom stereocenters. The molecule has 4 aliphatic rings. The maximum Gasteiger partial charge on any atom is 0.410 e. The third-order valence-electron chi connectivity index (χ3n) is 10.2. The predicted octanol–water partition coefficient (Wildman–Crippen LogP) is 6.83. The molecule has 3 aliphatic heterocycles. The number of aryl methyl sites for hydroxylation is 1. The first-order valence-corrected chi connectivity index (χ1v) is 17.1. The molecule has 10 nitrogen and oxygen atoms in total. The number of likely N-dealkylation sites (tertiary alicyclic amines) is 1. The molecule has 4 fully saturated rings. The lowest BCUT2D eigenvalue weighted by molar-refractivity contribution is 0.0239. The van der Waals surface area contributed by atoms with Crippen molar-refractivity contribution in [2.45, 2.75) is 76.6 Å². The molecule has 256 valence electrons. The van der Waals surface area contributed by atoms with Crippen molar-refractivity contribution in [2.75, 3.05) is 37.8 Å². The third-order valence-corrected chi connectivity index (χ3v) is 10.2. The Balaban J connectivity index is 1.36. The van der Waals surface area contributed by atoms with E-state index in [-0.39, 0.29) is 71.4 Å². The Labute approximate surface area is 285 Å². The standard InChI is InChI=1S/C38H43FN6O4/c1-38(2,3)49-37(47)45-19-23-17-29(45)33(23)42-35-28-16-22(10-7-13-40)30(27-18-25(46)15-21-9-5-6-12-26(21)27)31(39)34(28)43-36(32(35)41)48-20-24-11-8-14-44(24)4/h5-6,9,12,15-16,18,23-24,29,33,46H,7-8,10-11,14,17,19-20,41H2,1-4H3,(H,42,43). The van der Waals surface area contributed by atoms with E-state index in [1.165, 1.54) is 0 Å². The molecule has 8 rings (SSSR count). The van der Waals surface area contributed by atoms with Crippen LogP contribution in [0.1, 0.15) is 52.0 Å². The van der Waals surface area contributed by atoms with Crippen LogP contribution in [-0.2, 0) is 11.2 Å². The lowest BCUT2D eigenvalue weighted by Gasteiger charge is -2.38. The number of phenols is 1. The molecule has 1 aliphatic carbocycles. The third kappa shape index (κ3) is 6.03. The fraction of sp³-hybridized carbons (Fsp3) is 0.447. The van der Waals surface area contributed by atoms with Crippen LogP contribution in [0.15, 0.2) is 42.5 Å². The predicted molar refractivity (Wildman–Crippen MR) is 188 cm³/mol. The van der Waals surface area contributed by atoms with Crippen molar-refractivity contribution in [1.29, 1.82) is 5.26 Å². The normalized spacial score (nSPS) is 21.9. The molecule has 1 aromatic heterocycles. The van der Waals surface area contributed by atoms with Gasteiger partial charge in [-0.1, -0.05) is 24.3 Å². The second kappa shape index (κ2) is 12.6. The topological polar surface area (TPSA) is 137 Å². The van der Waals surface area contributed by atoms with Gasteiger partial charge in [0.25, 0.3) is 0 Å². The zero-order chi connectivity index (χ0) is 34.6. The average molecular weight is 667 g/mol. The first-order valence-electron chi connectivity index (χ1n) is 17.1. The van der Waals surface area contributed by atoms with E-state index in [2.05, 4.69) is 23.3 Å². The zero-order valence-corrected chi connectivity index (χ0v) is 28.4. The SMILES string of the molecule is CN1CCCC1COc1nc2c(F)c(-c3cc(O)cc4ccccc34)c(CCC#N)cc2c(NC2C3CC2N(C(=O)OC(C)(C)C)C3)c1N. The van der Waals surface area contributed by atoms with Gasteiger partial charge in [0.1, 0.15) is 29.2 Å². The fourth-order valence-electron chi connectivity index (χ4n) is 7.75. The van der Waals surface area contributed by atoms with E-state index in [1.807, 2.05) is 51.1 Å². The number of benzene rings is 3. The Morgan fingerprint density at radius 1 is 1.22 bits per heavy atom. The van der Waals surface area contributed by atoms with Crippen molar-refractivity contribution in [1.82, 2.24) is 14.8 Å². The summed E-state index contributed by atoms with van der Waals surface area (Å²) in [6, 6.07) is 14.7. The van der Waals surface area contributed by atoms with E-state index in [9.17, 15) is 15.2 Å². The molecule has 0 spiro atoms. The van der Waals surface area contributed by atoms with Gasteiger partial charge in [0, 0.05) is 35.9 Å². The lowest BCUT2D eigenvalue weighted by atomic mass is 9.79. The van der Waals surface area contributed by atoms with E-state index in [1.54, 1.807) is 17.0 Å². The number of carbonyl (C=O) groups is 1. The molecular weight excluding hydrogens is 623 g/mol. The number of phenolic OH excluding ortho intramolecular Hbond substituents is 1. The van der Waals surface area contributed by atoms with Gasteiger partial charge in [-0.3, -0.25) is 0 Å². The Bertz CT molecular complexity index is 1990. The Morgan fingerprint density at radius 2 is 2.02 bits per heavy atom. The van der Waals surface area contributed by atoms with Crippen LogP contribution in [0, 0.1) is 23.1 Å². The number of rotatable bonds is 8. The molecule has 1 saturated carbocycles. The van der Waals surface area contributed by atoms with Gasteiger partial charge >= 0.3 is 6.09 Å². The number of ether oxygens (including phenoxy) is 2. The summed E-state index contributed by atoms with van der Waals surface area (Å²) >= 11 is 0. The number of fused-ring (bicyclic) bond motifs is 3. The van der Waals surface area contributed by atoms with Gasteiger partial charge in [-0.15, -0.1) is 0 Å². The first-order chi connectivity index (χ1) is 23.4. The van der Waals surface area contributed by atoms with Gasteiger partial charge in [-0.2, -0.15) is 5.26 Å². The number of nitrogen functional groups attached to an aromatic ring is 1. The molecular formula is C38H43FN6O4. The van der Waals surface area contributed by atoms with Gasteiger partial charge < -0.3 is 35.4 Å². The Hall–Kier alpha value is -4.82. The summed E-state index contributed by atoms with van der Waals surface area (Å²) < 4.78 is 29.3. The van der Waals surface area contributed by atoms with Crippen molar-refractivity contribution in [3.05, 3.63) is 53.8 Å². The summed E-state index contributed by atoms with van der Waals surface area (Å²) in [4.78, 5) is 21.8. The largest absolute Gasteiger partial charge is 0.508 e. The number of likely N-dealkylation sites (N-methyl/N-ethyl adjacent to an activating group) is 1. The minimum absolute atomic E-state index is 0.00626. The summed E-state index contributed by atoms with van der Waals surface area (Å²) in [7, 11) is 2.06. The Morgan fingerprint density at radius 3 is 2.76 bits per heavy atom. The van der Waals surface area contributed by atoms with Crippen LogP contribution in [0.2, 0.25) is 0 Å². The molecule has 49 heavy (non-hydrogen) atoms. The molecule has 2 bridgehead atoms. The number of nitrogens with zero attached hydrogens (tertiary/aromatic N) is 4. The number of aromatic nitrogens is 1. The first kappa shape index (κ1) is 32.7. The number of nitrogens with two attached hydrogens (primary N) is 1. The van der Waals surface area contributed by atoms with Crippen molar-refractivity contribution < 1.29 is 23.8 Å². The summed E-state index contributed by atoms with van der Waals surface area (Å²) in [6.07, 6.45) is 2.95. The number of hydrogen-bond donors (Lipinski definition) is 3. The van der Waals surface area contributed by atoms with Crippen LogP contribution in [0.4, 0.5) is 20.6 Å². The average Bonchev–Trinajstić information content (AvgIpc) is 3.77. The number of nitrogens with one attached hydrogen (secondary N) is 1. The van der Waals surface area contributed by atoms with Crippen LogP contribution < -0.4 is 15.8 Å². The van der Waals surface area contributed by atoms with Crippen LogP contribution in [-0.4, -0.2) is 76.5 Å². The number of amides is 1. The van der Waals surface area contributed by atoms with Crippen molar-refractivity contribution >= 4 is 39.1 Å². The number of nitriles is 1. The highest BCUT2D eigenvalue weighted by atomic mass is 19.1. The maximum atomic E-state index is 17.3. The van der Waals surface area contributed by atoms with Crippen LogP contribution >= 0.6 is 0 Å². The molecule has 4 N–H and O–H groups in total. The van der Waals surface area contributed by atoms with Crippen LogP contribution in [0.3, 0.4) is 0 Å². The maximum absolute atomic E-state index is 17.3. The second-order valence-corrected chi connectivity index (χ2v) is 14.7. The van der Waals surface area contributed by atoms with Crippen LogP contribution in [0.25, 0.3) is 32.8 Å². The number of halogens is 1. The molecule has 11 heteroatoms. The molecule has 1 amide bonds. The summed E-state index contributed by atoms with van der Waals surface area (Å²) in [6.45, 7) is 7.42. The summed E-state index contributed by atoms with van der Waals surface area (Å²) in [5.41, 5.74) is 8.46. The van der Waals surface area contributed by atoms with Crippen LogP contribution in [0.5, 0.6) is 11.6 Å². The zero-order valence-electron chi connectivity index (χ0n) is 28.4. The van der Waals surface area contributed by atoms with Crippen molar-refractivity contribution in [2.24, 2.45) is 5.92 Å². The summed E-state index contributed by atoms with van der Waals surface area (Å²) in [5, 5.41) is 25.9. The number of hydrogen-bond acceptors (Lipinski definition) is 9. The Kier molecular flexibility index (Phi) is 8.39. The van der Waals surface area contributed by atoms with Gasteiger partial charge in [0.15, 0.2) is 5.82 Å². The van der Waals surface area contributed by atoms with E-state index in [4.69, 9.17) is 20.2 Å². The highest BCUT2D eigenvalue weighted by molar-refractivity contribution is 6.05. The lowest BCUT2D eigenvalue weighted by Crippen LogP contribution is -2.50. The highest BCUT2D eigenvalue weighted by Crippen LogP contribution is 2.48. The molecule has 4 unspecified atom stereocenters. The van der Waals surface area contributed by atoms with Gasteiger partial charge in [0.2, 0.25) is 5.88 Å². The van der Waals surface area contributed by atoms with Gasteiger partial charge in [0.05, 0.1) is 23.8 Å². The monoisotopic (exact) mass is 666 g/mol. The van der Waals surface area contributed by atoms with E-state index < -0.39 is 11.4 Å². The van der Waals surface area contributed by atoms with E-state index in [0.717, 1.165) is 36.6 Å². The van der Waals surface area contributed by atoms with Crippen molar-refractivity contribution in [3.63, 3.8) is 0 Å². The van der Waals surface area contributed by atoms with E-state index >= 15 is 4.39 Å². The molecule has 3 saturated heterocycles. The smallest absolute Gasteiger partial charge is 0.410 e. The molecule has 3 aromatic carbocycles. The number of pyridine rings is 1. The number of anilines is 2. The number of carbonyl (C=O) groups excluding carboxylic acids is 1. The van der Waals surface area contributed by atoms with Gasteiger partial charge in [-0.05, 0) is 100 Å². The van der Waals surface area contributed by atoms with Crippen molar-refractivity contribution in [3.8, 4) is 28.8 Å². The molecule has 0 radical (unpaired) electrons.